The van der Waals surface area contributed by atoms with Crippen molar-refractivity contribution in [2.75, 3.05) is 7.11 Å². The number of carbonyl (C=O) groups is 2. The number of benzene rings is 1. The average Bonchev–Trinajstić information content (AvgIpc) is 2.76. The van der Waals surface area contributed by atoms with Crippen LogP contribution in [-0.2, 0) is 20.8 Å². The van der Waals surface area contributed by atoms with Crippen LogP contribution in [0.2, 0.25) is 0 Å². The zero-order chi connectivity index (χ0) is 14.5. The van der Waals surface area contributed by atoms with Gasteiger partial charge in [0.2, 0.25) is 0 Å². The molecule has 0 N–H and O–H groups in total. The van der Waals surface area contributed by atoms with E-state index >= 15 is 0 Å². The van der Waals surface area contributed by atoms with Crippen LogP contribution in [-0.4, -0.2) is 36.2 Å². The second-order valence-electron chi connectivity index (χ2n) is 4.79. The summed E-state index contributed by atoms with van der Waals surface area (Å²) in [5.41, 5.74) is 0.954. The summed E-state index contributed by atoms with van der Waals surface area (Å²) in [6.45, 7) is 2.34. The number of amides is 1. The van der Waals surface area contributed by atoms with E-state index in [-0.39, 0.29) is 0 Å². The lowest BCUT2D eigenvalue weighted by molar-refractivity contribution is -0.146. The van der Waals surface area contributed by atoms with E-state index in [1.165, 1.54) is 12.0 Å². The average molecular weight is 277 g/mol. The highest BCUT2D eigenvalue weighted by Crippen LogP contribution is 2.26. The number of rotatable bonds is 5. The van der Waals surface area contributed by atoms with Crippen LogP contribution in [0.25, 0.3) is 0 Å². The van der Waals surface area contributed by atoms with E-state index in [9.17, 15) is 9.59 Å². The predicted octanol–water partition coefficient (Wildman–Crippen LogP) is 2.35. The minimum atomic E-state index is -0.660. The Kier molecular flexibility index (Phi) is 4.61. The van der Waals surface area contributed by atoms with Crippen molar-refractivity contribution in [1.29, 1.82) is 0 Å². The van der Waals surface area contributed by atoms with Gasteiger partial charge in [0.15, 0.2) is 6.04 Å². The van der Waals surface area contributed by atoms with E-state index in [4.69, 9.17) is 9.47 Å². The summed E-state index contributed by atoms with van der Waals surface area (Å²) in [5.74, 6) is -0.426. The Labute approximate surface area is 118 Å². The molecule has 0 bridgehead atoms. The van der Waals surface area contributed by atoms with E-state index in [0.29, 0.717) is 13.0 Å². The monoisotopic (exact) mass is 277 g/mol. The van der Waals surface area contributed by atoms with Crippen LogP contribution in [0.4, 0.5) is 4.79 Å². The van der Waals surface area contributed by atoms with Gasteiger partial charge in [-0.2, -0.15) is 0 Å². The Morgan fingerprint density at radius 3 is 2.65 bits per heavy atom. The molecule has 0 aromatic heterocycles. The quantitative estimate of drug-likeness (QED) is 0.775. The molecule has 2 rings (SSSR count). The summed E-state index contributed by atoms with van der Waals surface area (Å²) in [6.07, 6.45) is 0.605. The molecular formula is C15H19NO4. The molecule has 0 radical (unpaired) electrons. The molecular weight excluding hydrogens is 258 g/mol. The van der Waals surface area contributed by atoms with Gasteiger partial charge in [0, 0.05) is 0 Å². The van der Waals surface area contributed by atoms with Crippen LogP contribution >= 0.6 is 0 Å². The van der Waals surface area contributed by atoms with Crippen molar-refractivity contribution in [1.82, 2.24) is 4.90 Å². The fourth-order valence-electron chi connectivity index (χ4n) is 2.42. The summed E-state index contributed by atoms with van der Waals surface area (Å²) in [7, 11) is 1.33. The molecule has 0 aliphatic carbocycles. The molecule has 1 aliphatic heterocycles. The van der Waals surface area contributed by atoms with Crippen molar-refractivity contribution in [2.24, 2.45) is 0 Å². The van der Waals surface area contributed by atoms with Gasteiger partial charge in [-0.25, -0.2) is 9.59 Å². The number of hydrogen-bond acceptors (Lipinski definition) is 4. The van der Waals surface area contributed by atoms with Crippen molar-refractivity contribution in [3.05, 3.63) is 35.9 Å². The van der Waals surface area contributed by atoms with E-state index in [2.05, 4.69) is 0 Å². The number of methoxy groups -OCH3 is 1. The van der Waals surface area contributed by atoms with Crippen LogP contribution in [0.15, 0.2) is 30.3 Å². The van der Waals surface area contributed by atoms with Crippen molar-refractivity contribution in [2.45, 2.75) is 38.5 Å². The van der Waals surface area contributed by atoms with Crippen molar-refractivity contribution in [3.63, 3.8) is 0 Å². The zero-order valence-corrected chi connectivity index (χ0v) is 11.7. The number of ether oxygens (including phenoxy) is 2. The van der Waals surface area contributed by atoms with Gasteiger partial charge >= 0.3 is 12.1 Å². The van der Waals surface area contributed by atoms with E-state index < -0.39 is 24.2 Å². The maximum atomic E-state index is 12.0. The highest BCUT2D eigenvalue weighted by atomic mass is 16.6. The first-order valence-corrected chi connectivity index (χ1v) is 6.76. The number of hydrogen-bond donors (Lipinski definition) is 0. The summed E-state index contributed by atoms with van der Waals surface area (Å²) in [6, 6.07) is 8.86. The molecule has 1 amide bonds. The molecule has 1 fully saturated rings. The Morgan fingerprint density at radius 1 is 1.35 bits per heavy atom. The topological polar surface area (TPSA) is 55.8 Å². The molecule has 1 aromatic carbocycles. The highest BCUT2D eigenvalue weighted by molar-refractivity contribution is 5.85. The van der Waals surface area contributed by atoms with E-state index in [0.717, 1.165) is 12.0 Å². The Balaban J connectivity index is 2.19. The van der Waals surface area contributed by atoms with Gasteiger partial charge in [0.05, 0.1) is 13.7 Å². The lowest BCUT2D eigenvalue weighted by atomic mass is 10.1. The van der Waals surface area contributed by atoms with E-state index in [1.54, 1.807) is 0 Å². The van der Waals surface area contributed by atoms with Crippen LogP contribution in [0.1, 0.15) is 25.3 Å². The summed E-state index contributed by atoms with van der Waals surface area (Å²) >= 11 is 0. The molecule has 1 aliphatic rings. The summed E-state index contributed by atoms with van der Waals surface area (Å²) in [5, 5.41) is 0. The lowest BCUT2D eigenvalue weighted by Crippen LogP contribution is -2.43. The Bertz CT molecular complexity index is 474. The van der Waals surface area contributed by atoms with Gasteiger partial charge in [0.1, 0.15) is 6.10 Å². The Morgan fingerprint density at radius 2 is 2.05 bits per heavy atom. The number of nitrogens with zero attached hydrogens (tertiary/aromatic N) is 1. The number of cyclic esters (lactones) is 1. The van der Waals surface area contributed by atoms with Gasteiger partial charge in [-0.15, -0.1) is 0 Å². The SMILES string of the molecule is CCCC1OC(=O)N(Cc2ccccc2)C1C(=O)OC. The number of carbonyl (C=O) groups excluding carboxylic acids is 2. The standard InChI is InChI=1S/C15H19NO4/c1-3-7-12-13(14(17)19-2)16(15(18)20-12)10-11-8-5-4-6-9-11/h4-6,8-9,12-13H,3,7,10H2,1-2H3. The van der Waals surface area contributed by atoms with Gasteiger partial charge in [0.25, 0.3) is 0 Å². The molecule has 2 atom stereocenters. The van der Waals surface area contributed by atoms with Gasteiger partial charge < -0.3 is 9.47 Å². The van der Waals surface area contributed by atoms with Crippen LogP contribution in [0, 0.1) is 0 Å². The molecule has 1 aromatic rings. The molecule has 0 saturated carbocycles. The fraction of sp³-hybridized carbons (Fsp3) is 0.467. The molecule has 20 heavy (non-hydrogen) atoms. The first-order valence-electron chi connectivity index (χ1n) is 6.76. The second-order valence-corrected chi connectivity index (χ2v) is 4.79. The fourth-order valence-corrected chi connectivity index (χ4v) is 2.42. The normalized spacial score (nSPS) is 21.7. The molecule has 1 heterocycles. The van der Waals surface area contributed by atoms with Crippen LogP contribution < -0.4 is 0 Å². The molecule has 108 valence electrons. The van der Waals surface area contributed by atoms with Gasteiger partial charge in [-0.05, 0) is 12.0 Å². The minimum absolute atomic E-state index is 0.347. The summed E-state index contributed by atoms with van der Waals surface area (Å²) in [4.78, 5) is 25.4. The van der Waals surface area contributed by atoms with Crippen LogP contribution in [0.3, 0.4) is 0 Å². The van der Waals surface area contributed by atoms with Crippen molar-refractivity contribution in [3.8, 4) is 0 Å². The molecule has 5 heteroatoms. The van der Waals surface area contributed by atoms with Crippen LogP contribution in [0.5, 0.6) is 0 Å². The molecule has 5 nitrogen and oxygen atoms in total. The third-order valence-electron chi connectivity index (χ3n) is 3.39. The molecule has 0 spiro atoms. The first-order chi connectivity index (χ1) is 9.67. The predicted molar refractivity (Wildman–Crippen MR) is 73.0 cm³/mol. The third-order valence-corrected chi connectivity index (χ3v) is 3.39. The second kappa shape index (κ2) is 6.41. The highest BCUT2D eigenvalue weighted by Gasteiger charge is 2.46. The minimum Gasteiger partial charge on any atom is -0.467 e. The summed E-state index contributed by atoms with van der Waals surface area (Å²) < 4.78 is 10.1. The molecule has 1 saturated heterocycles. The maximum absolute atomic E-state index is 12.0. The van der Waals surface area contributed by atoms with Crippen molar-refractivity contribution >= 4 is 12.1 Å². The van der Waals surface area contributed by atoms with Crippen molar-refractivity contribution < 1.29 is 19.1 Å². The van der Waals surface area contributed by atoms with Gasteiger partial charge in [-0.3, -0.25) is 4.90 Å². The van der Waals surface area contributed by atoms with Gasteiger partial charge in [-0.1, -0.05) is 43.7 Å². The third kappa shape index (κ3) is 2.92. The maximum Gasteiger partial charge on any atom is 0.411 e. The zero-order valence-electron chi connectivity index (χ0n) is 11.7. The first kappa shape index (κ1) is 14.4. The number of esters is 1. The largest absolute Gasteiger partial charge is 0.467 e. The van der Waals surface area contributed by atoms with E-state index in [1.807, 2.05) is 37.3 Å². The lowest BCUT2D eigenvalue weighted by Gasteiger charge is -2.22. The molecule has 2 unspecified atom stereocenters. The smallest absolute Gasteiger partial charge is 0.411 e. The Hall–Kier alpha value is -2.04.